The highest BCUT2D eigenvalue weighted by Gasteiger charge is 2.28. The first-order chi connectivity index (χ1) is 28.8. The Bertz CT molecular complexity index is 3920. The molecule has 0 fully saturated rings. The van der Waals surface area contributed by atoms with Gasteiger partial charge < -0.3 is 0 Å². The number of hydrogen-bond donors (Lipinski definition) is 0. The molecule has 0 spiro atoms. The first kappa shape index (κ1) is 30.7. The number of rotatable bonds is 3. The third kappa shape index (κ3) is 3.76. The molecular formula is C58H32. The maximum absolute atomic E-state index is 2.57. The van der Waals surface area contributed by atoms with Gasteiger partial charge in [-0.3, -0.25) is 0 Å². The predicted molar refractivity (Wildman–Crippen MR) is 251 cm³/mol. The van der Waals surface area contributed by atoms with Gasteiger partial charge in [-0.25, -0.2) is 0 Å². The summed E-state index contributed by atoms with van der Waals surface area (Å²) in [6, 6.07) is 73.0. The Kier molecular flexibility index (Phi) is 5.85. The lowest BCUT2D eigenvalue weighted by Gasteiger charge is -2.20. The highest BCUT2D eigenvalue weighted by atomic mass is 14.3. The van der Waals surface area contributed by atoms with Crippen LogP contribution in [-0.2, 0) is 0 Å². The van der Waals surface area contributed by atoms with E-state index in [0.29, 0.717) is 0 Å². The summed E-state index contributed by atoms with van der Waals surface area (Å²) in [4.78, 5) is 0. The van der Waals surface area contributed by atoms with Crippen molar-refractivity contribution in [2.24, 2.45) is 0 Å². The standard InChI is InChI=1S/C58H32/c1-4-14-33(15-5-1)38-28-30-44-52-45(31-29-39(51(38)52)34-16-6-2-7-17-34)57-54(44)50(37-18-8-3-9-19-37)47-32-46-40-24-10-20-35-21-11-25-41(48(35)40)53(46)55-42-26-12-22-36-23-13-27-43(49(36)42)56(57)58(47)55/h1-32H. The third-order valence-corrected chi connectivity index (χ3v) is 13.4. The van der Waals surface area contributed by atoms with Gasteiger partial charge in [-0.05, 0) is 147 Å². The van der Waals surface area contributed by atoms with E-state index in [0.717, 1.165) is 0 Å². The Morgan fingerprint density at radius 1 is 0.190 bits per heavy atom. The largest absolute Gasteiger partial charge is 0.0622 e. The molecule has 0 nitrogen and oxygen atoms in total. The van der Waals surface area contributed by atoms with Gasteiger partial charge in [0.15, 0.2) is 0 Å². The summed E-state index contributed by atoms with van der Waals surface area (Å²) < 4.78 is 0. The van der Waals surface area contributed by atoms with Crippen molar-refractivity contribution in [1.29, 1.82) is 0 Å². The molecule has 0 aromatic heterocycles. The quantitative estimate of drug-likeness (QED) is 0.126. The molecule has 0 unspecified atom stereocenters. The minimum absolute atomic E-state index is 1.24. The van der Waals surface area contributed by atoms with Crippen LogP contribution >= 0.6 is 0 Å². The Hall–Kier alpha value is -7.54. The average molecular weight is 729 g/mol. The molecule has 0 amide bonds. The molecule has 0 saturated carbocycles. The molecule has 0 atom stereocenters. The van der Waals surface area contributed by atoms with E-state index in [4.69, 9.17) is 0 Å². The zero-order valence-corrected chi connectivity index (χ0v) is 31.5. The van der Waals surface area contributed by atoms with Crippen molar-refractivity contribution in [3.63, 3.8) is 0 Å². The summed E-state index contributed by atoms with van der Waals surface area (Å²) >= 11 is 0. The normalized spacial score (nSPS) is 12.5. The van der Waals surface area contributed by atoms with E-state index in [1.165, 1.54) is 141 Å². The zero-order valence-electron chi connectivity index (χ0n) is 31.5. The second-order valence-corrected chi connectivity index (χ2v) is 16.2. The Morgan fingerprint density at radius 2 is 0.586 bits per heavy atom. The summed E-state index contributed by atoms with van der Waals surface area (Å²) in [6.07, 6.45) is 0. The third-order valence-electron chi connectivity index (χ3n) is 13.4. The van der Waals surface area contributed by atoms with Gasteiger partial charge in [0.25, 0.3) is 0 Å². The lowest BCUT2D eigenvalue weighted by atomic mass is 9.82. The van der Waals surface area contributed by atoms with Crippen molar-refractivity contribution in [3.8, 4) is 33.4 Å². The van der Waals surface area contributed by atoms with Crippen molar-refractivity contribution < 1.29 is 0 Å². The molecular weight excluding hydrogens is 697 g/mol. The lowest BCUT2D eigenvalue weighted by molar-refractivity contribution is 1.64. The molecule has 14 aromatic rings. The molecule has 0 heteroatoms. The van der Waals surface area contributed by atoms with Crippen LogP contribution in [0.4, 0.5) is 0 Å². The molecule has 0 radical (unpaired) electrons. The molecule has 0 N–H and O–H groups in total. The highest BCUT2D eigenvalue weighted by molar-refractivity contribution is 6.53. The van der Waals surface area contributed by atoms with Crippen LogP contribution in [0.2, 0.25) is 0 Å². The number of benzene rings is 12. The fraction of sp³-hybridized carbons (Fsp3) is 0. The van der Waals surface area contributed by atoms with E-state index in [1.54, 1.807) is 0 Å². The van der Waals surface area contributed by atoms with Gasteiger partial charge >= 0.3 is 0 Å². The smallest absolute Gasteiger partial charge is 0.000673 e. The molecule has 0 saturated heterocycles. The van der Waals surface area contributed by atoms with Crippen LogP contribution in [0.3, 0.4) is 0 Å². The van der Waals surface area contributed by atoms with Gasteiger partial charge in [0, 0.05) is 0 Å². The molecule has 0 aliphatic rings. The fourth-order valence-electron chi connectivity index (χ4n) is 11.3. The van der Waals surface area contributed by atoms with Crippen molar-refractivity contribution in [2.45, 2.75) is 0 Å². The topological polar surface area (TPSA) is 0 Å². The molecule has 0 aliphatic heterocycles. The van der Waals surface area contributed by atoms with Crippen molar-refractivity contribution in [1.82, 2.24) is 0 Å². The van der Waals surface area contributed by atoms with E-state index in [2.05, 4.69) is 194 Å². The average Bonchev–Trinajstić information content (AvgIpc) is 3.80. The molecule has 0 bridgehead atoms. The zero-order chi connectivity index (χ0) is 37.6. The van der Waals surface area contributed by atoms with E-state index >= 15 is 0 Å². The van der Waals surface area contributed by atoms with Crippen molar-refractivity contribution in [2.75, 3.05) is 0 Å². The molecule has 14 aromatic carbocycles. The van der Waals surface area contributed by atoms with Crippen LogP contribution in [0.15, 0.2) is 194 Å². The lowest BCUT2D eigenvalue weighted by Crippen LogP contribution is -1.92. The van der Waals surface area contributed by atoms with E-state index in [9.17, 15) is 0 Å². The number of fused-ring (bicyclic) bond motifs is 10. The van der Waals surface area contributed by atoms with E-state index in [-0.39, 0.29) is 0 Å². The monoisotopic (exact) mass is 728 g/mol. The Balaban J connectivity index is 1.34. The maximum atomic E-state index is 2.57. The van der Waals surface area contributed by atoms with Crippen LogP contribution < -0.4 is 0 Å². The fourth-order valence-corrected chi connectivity index (χ4v) is 11.3. The van der Waals surface area contributed by atoms with Crippen LogP contribution in [-0.4, -0.2) is 0 Å². The Morgan fingerprint density at radius 3 is 1.16 bits per heavy atom. The Labute approximate surface area is 333 Å². The number of hydrogen-bond acceptors (Lipinski definition) is 0. The molecule has 0 heterocycles. The summed E-state index contributed by atoms with van der Waals surface area (Å²) in [5, 5.41) is 26.7. The first-order valence-corrected chi connectivity index (χ1v) is 20.4. The van der Waals surface area contributed by atoms with E-state index < -0.39 is 0 Å². The van der Waals surface area contributed by atoms with Crippen LogP contribution in [0.5, 0.6) is 0 Å². The van der Waals surface area contributed by atoms with Crippen molar-refractivity contribution >= 4 is 108 Å². The maximum Gasteiger partial charge on any atom is -0.000673 e. The van der Waals surface area contributed by atoms with Gasteiger partial charge in [0.1, 0.15) is 0 Å². The SMILES string of the molecule is c1ccc(-c2ccc3c4c(-c5ccccc5)c5cc6c7cccc8cccc(c87)c6c6c7cccc8cccc(c87)c(c4c4ccc(-c7ccccc7)c2c34)c56)cc1. The second kappa shape index (κ2) is 11.1. The molecule has 14 rings (SSSR count). The van der Waals surface area contributed by atoms with Gasteiger partial charge in [-0.2, -0.15) is 0 Å². The highest BCUT2D eigenvalue weighted by Crippen LogP contribution is 2.57. The van der Waals surface area contributed by atoms with Crippen LogP contribution in [0, 0.1) is 0 Å². The first-order valence-electron chi connectivity index (χ1n) is 20.4. The van der Waals surface area contributed by atoms with Gasteiger partial charge in [0.05, 0.1) is 0 Å². The van der Waals surface area contributed by atoms with E-state index in [1.807, 2.05) is 0 Å². The molecule has 264 valence electrons. The van der Waals surface area contributed by atoms with Gasteiger partial charge in [0.2, 0.25) is 0 Å². The van der Waals surface area contributed by atoms with Crippen LogP contribution in [0.1, 0.15) is 0 Å². The van der Waals surface area contributed by atoms with Gasteiger partial charge in [-0.1, -0.05) is 188 Å². The summed E-state index contributed by atoms with van der Waals surface area (Å²) in [5.74, 6) is 0. The summed E-state index contributed by atoms with van der Waals surface area (Å²) in [7, 11) is 0. The predicted octanol–water partition coefficient (Wildman–Crippen LogP) is 16.5. The second-order valence-electron chi connectivity index (χ2n) is 16.2. The van der Waals surface area contributed by atoms with Crippen LogP contribution in [0.25, 0.3) is 141 Å². The molecule has 0 aliphatic carbocycles. The summed E-state index contributed by atoms with van der Waals surface area (Å²) in [5.41, 5.74) is 7.57. The van der Waals surface area contributed by atoms with Crippen molar-refractivity contribution in [3.05, 3.63) is 194 Å². The minimum atomic E-state index is 1.24. The van der Waals surface area contributed by atoms with Gasteiger partial charge in [-0.15, -0.1) is 0 Å². The minimum Gasteiger partial charge on any atom is -0.0622 e. The summed E-state index contributed by atoms with van der Waals surface area (Å²) in [6.45, 7) is 0. The molecule has 58 heavy (non-hydrogen) atoms.